The summed E-state index contributed by atoms with van der Waals surface area (Å²) in [6.07, 6.45) is 3.32. The molecule has 84 valence electrons. The highest BCUT2D eigenvalue weighted by Gasteiger charge is 2.11. The maximum atomic E-state index is 13.7. The molecule has 0 amide bonds. The molecule has 0 aliphatic heterocycles. The molecule has 0 aliphatic rings. The van der Waals surface area contributed by atoms with E-state index in [1.807, 2.05) is 6.07 Å². The van der Waals surface area contributed by atoms with E-state index < -0.39 is 5.82 Å². The molecule has 0 atom stereocenters. The van der Waals surface area contributed by atoms with E-state index in [1.165, 1.54) is 23.5 Å². The van der Waals surface area contributed by atoms with Crippen LogP contribution >= 0.6 is 11.3 Å². The lowest BCUT2D eigenvalue weighted by Crippen LogP contribution is -1.82. The smallest absolute Gasteiger partial charge is 0.137 e. The Morgan fingerprint density at radius 3 is 2.88 bits per heavy atom. The maximum absolute atomic E-state index is 13.7. The van der Waals surface area contributed by atoms with E-state index in [0.717, 1.165) is 16.3 Å². The van der Waals surface area contributed by atoms with Crippen LogP contribution in [0.1, 0.15) is 0 Å². The zero-order valence-electron chi connectivity index (χ0n) is 8.59. The molecule has 0 radical (unpaired) electrons. The van der Waals surface area contributed by atoms with Crippen molar-refractivity contribution in [3.05, 3.63) is 42.5 Å². The van der Waals surface area contributed by atoms with Gasteiger partial charge in [0.05, 0.1) is 10.9 Å². The summed E-state index contributed by atoms with van der Waals surface area (Å²) in [5, 5.41) is 9.75. The van der Waals surface area contributed by atoms with Crippen LogP contribution < -0.4 is 0 Å². The number of thiazole rings is 1. The van der Waals surface area contributed by atoms with Gasteiger partial charge < -0.3 is 5.11 Å². The molecule has 0 bridgehead atoms. The van der Waals surface area contributed by atoms with Crippen LogP contribution in [0.15, 0.2) is 36.7 Å². The Balaban J connectivity index is 2.20. The fourth-order valence-corrected chi connectivity index (χ4v) is 2.53. The van der Waals surface area contributed by atoms with Gasteiger partial charge in [-0.3, -0.25) is 4.98 Å². The number of pyridine rings is 1. The molecule has 3 nitrogen and oxygen atoms in total. The Kier molecular flexibility index (Phi) is 2.26. The third kappa shape index (κ3) is 1.74. The molecule has 2 heterocycles. The fourth-order valence-electron chi connectivity index (χ4n) is 1.57. The van der Waals surface area contributed by atoms with Gasteiger partial charge in [0.15, 0.2) is 0 Å². The average molecular weight is 246 g/mol. The van der Waals surface area contributed by atoms with Crippen LogP contribution in [-0.2, 0) is 0 Å². The van der Waals surface area contributed by atoms with E-state index in [4.69, 9.17) is 5.11 Å². The maximum Gasteiger partial charge on any atom is 0.137 e. The second-order valence-electron chi connectivity index (χ2n) is 3.53. The quantitative estimate of drug-likeness (QED) is 0.717. The largest absolute Gasteiger partial charge is 0.508 e. The highest BCUT2D eigenvalue weighted by atomic mass is 32.1. The summed E-state index contributed by atoms with van der Waals surface area (Å²) < 4.78 is 14.6. The molecule has 3 aromatic rings. The summed E-state index contributed by atoms with van der Waals surface area (Å²) in [4.78, 5) is 8.27. The lowest BCUT2D eigenvalue weighted by Gasteiger charge is -1.98. The van der Waals surface area contributed by atoms with Gasteiger partial charge in [-0.2, -0.15) is 0 Å². The standard InChI is InChI=1S/C12H7FN2OS/c13-9-5-7(16)1-2-8(9)12-15-10-6-14-4-3-11(10)17-12/h1-6,16H. The minimum atomic E-state index is -0.475. The molecule has 2 aromatic heterocycles. The first-order valence-corrected chi connectivity index (χ1v) is 5.75. The van der Waals surface area contributed by atoms with E-state index in [0.29, 0.717) is 10.6 Å². The number of rotatable bonds is 1. The van der Waals surface area contributed by atoms with Crippen LogP contribution in [-0.4, -0.2) is 15.1 Å². The van der Waals surface area contributed by atoms with Gasteiger partial charge in [0, 0.05) is 17.8 Å². The Morgan fingerprint density at radius 1 is 1.24 bits per heavy atom. The van der Waals surface area contributed by atoms with Crippen molar-refractivity contribution >= 4 is 21.6 Å². The molecule has 17 heavy (non-hydrogen) atoms. The molecule has 5 heteroatoms. The normalized spacial score (nSPS) is 10.9. The van der Waals surface area contributed by atoms with Gasteiger partial charge in [0.25, 0.3) is 0 Å². The third-order valence-corrected chi connectivity index (χ3v) is 3.44. The van der Waals surface area contributed by atoms with Gasteiger partial charge in [-0.25, -0.2) is 9.37 Å². The summed E-state index contributed by atoms with van der Waals surface area (Å²) in [5.74, 6) is -0.564. The molecule has 0 aliphatic carbocycles. The van der Waals surface area contributed by atoms with Gasteiger partial charge in [-0.15, -0.1) is 11.3 Å². The minimum Gasteiger partial charge on any atom is -0.508 e. The molecule has 0 saturated carbocycles. The zero-order chi connectivity index (χ0) is 11.8. The molecule has 0 spiro atoms. The molecular formula is C12H7FN2OS. The number of halogens is 1. The molecule has 0 unspecified atom stereocenters. The lowest BCUT2D eigenvalue weighted by atomic mass is 10.2. The highest BCUT2D eigenvalue weighted by Crippen LogP contribution is 2.32. The van der Waals surface area contributed by atoms with Gasteiger partial charge in [-0.05, 0) is 18.2 Å². The Bertz CT molecular complexity index is 663. The van der Waals surface area contributed by atoms with E-state index >= 15 is 0 Å². The second kappa shape index (κ2) is 3.78. The SMILES string of the molecule is Oc1ccc(-c2nc3cnccc3s2)c(F)c1. The van der Waals surface area contributed by atoms with E-state index in [9.17, 15) is 4.39 Å². The first-order valence-electron chi connectivity index (χ1n) is 4.93. The number of fused-ring (bicyclic) bond motifs is 1. The summed E-state index contributed by atoms with van der Waals surface area (Å²) >= 11 is 1.40. The van der Waals surface area contributed by atoms with Gasteiger partial charge in [-0.1, -0.05) is 0 Å². The topological polar surface area (TPSA) is 46.0 Å². The third-order valence-electron chi connectivity index (χ3n) is 2.37. The lowest BCUT2D eigenvalue weighted by molar-refractivity contribution is 0.469. The zero-order valence-corrected chi connectivity index (χ0v) is 9.41. The molecular weight excluding hydrogens is 239 g/mol. The summed E-state index contributed by atoms with van der Waals surface area (Å²) in [6.45, 7) is 0. The number of benzene rings is 1. The number of nitrogens with zero attached hydrogens (tertiary/aromatic N) is 2. The molecule has 0 saturated heterocycles. The number of hydrogen-bond acceptors (Lipinski definition) is 4. The number of phenolic OH excluding ortho intramolecular Hbond substituents is 1. The van der Waals surface area contributed by atoms with E-state index in [2.05, 4.69) is 9.97 Å². The second-order valence-corrected chi connectivity index (χ2v) is 4.56. The van der Waals surface area contributed by atoms with Crippen LogP contribution in [0.4, 0.5) is 4.39 Å². The van der Waals surface area contributed by atoms with Crippen molar-refractivity contribution in [3.63, 3.8) is 0 Å². The minimum absolute atomic E-state index is 0.0889. The highest BCUT2D eigenvalue weighted by molar-refractivity contribution is 7.21. The van der Waals surface area contributed by atoms with Crippen molar-refractivity contribution in [2.75, 3.05) is 0 Å². The average Bonchev–Trinajstić information content (AvgIpc) is 2.72. The summed E-state index contributed by atoms with van der Waals surface area (Å²) in [6, 6.07) is 5.90. The van der Waals surface area contributed by atoms with E-state index in [-0.39, 0.29) is 5.75 Å². The van der Waals surface area contributed by atoms with Crippen LogP contribution in [0.25, 0.3) is 20.8 Å². The number of hydrogen-bond donors (Lipinski definition) is 1. The first-order chi connectivity index (χ1) is 8.24. The Morgan fingerprint density at radius 2 is 2.12 bits per heavy atom. The van der Waals surface area contributed by atoms with Crippen molar-refractivity contribution in [1.29, 1.82) is 0 Å². The van der Waals surface area contributed by atoms with Crippen molar-refractivity contribution in [2.24, 2.45) is 0 Å². The molecule has 0 fully saturated rings. The predicted molar refractivity (Wildman–Crippen MR) is 64.5 cm³/mol. The Hall–Kier alpha value is -2.01. The van der Waals surface area contributed by atoms with Crippen molar-refractivity contribution in [2.45, 2.75) is 0 Å². The van der Waals surface area contributed by atoms with Crippen molar-refractivity contribution < 1.29 is 9.50 Å². The molecule has 1 aromatic carbocycles. The number of aromatic hydroxyl groups is 1. The summed E-state index contributed by atoms with van der Waals surface area (Å²) in [7, 11) is 0. The van der Waals surface area contributed by atoms with Crippen LogP contribution in [0.5, 0.6) is 5.75 Å². The molecule has 3 rings (SSSR count). The van der Waals surface area contributed by atoms with Crippen molar-refractivity contribution in [1.82, 2.24) is 9.97 Å². The molecule has 1 N–H and O–H groups in total. The van der Waals surface area contributed by atoms with Crippen LogP contribution in [0.3, 0.4) is 0 Å². The van der Waals surface area contributed by atoms with Crippen molar-refractivity contribution in [3.8, 4) is 16.3 Å². The number of aromatic nitrogens is 2. The fraction of sp³-hybridized carbons (Fsp3) is 0. The first kappa shape index (κ1) is 10.2. The number of phenols is 1. The van der Waals surface area contributed by atoms with E-state index in [1.54, 1.807) is 12.4 Å². The van der Waals surface area contributed by atoms with Gasteiger partial charge >= 0.3 is 0 Å². The van der Waals surface area contributed by atoms with Gasteiger partial charge in [0.2, 0.25) is 0 Å². The summed E-state index contributed by atoms with van der Waals surface area (Å²) in [5.41, 5.74) is 1.14. The van der Waals surface area contributed by atoms with Crippen LogP contribution in [0.2, 0.25) is 0 Å². The Labute approximate surface area is 100 Å². The monoisotopic (exact) mass is 246 g/mol. The van der Waals surface area contributed by atoms with Gasteiger partial charge in [0.1, 0.15) is 22.1 Å². The predicted octanol–water partition coefficient (Wildman–Crippen LogP) is 3.20. The van der Waals surface area contributed by atoms with Crippen LogP contribution in [0, 0.1) is 5.82 Å².